The van der Waals surface area contributed by atoms with E-state index >= 15 is 0 Å². The van der Waals surface area contributed by atoms with Crippen molar-refractivity contribution in [2.75, 3.05) is 33.3 Å². The molecule has 0 atom stereocenters. The Labute approximate surface area is 178 Å². The molecule has 2 aromatic carbocycles. The van der Waals surface area contributed by atoms with Crippen LogP contribution < -0.4 is 9.47 Å². The van der Waals surface area contributed by atoms with Crippen LogP contribution in [0.15, 0.2) is 42.5 Å². The van der Waals surface area contributed by atoms with Crippen LogP contribution in [0.3, 0.4) is 0 Å². The number of hydrogen-bond acceptors (Lipinski definition) is 5. The van der Waals surface area contributed by atoms with Crippen LogP contribution in [0, 0.1) is 0 Å². The summed E-state index contributed by atoms with van der Waals surface area (Å²) in [6.45, 7) is 4.29. The lowest BCUT2D eigenvalue weighted by atomic mass is 10.1. The second-order valence-electron chi connectivity index (χ2n) is 8.12. The first-order valence-corrected chi connectivity index (χ1v) is 10.8. The zero-order valence-electron chi connectivity index (χ0n) is 17.5. The number of hydrogen-bond donors (Lipinski definition) is 1. The summed E-state index contributed by atoms with van der Waals surface area (Å²) in [4.78, 5) is 17.2. The van der Waals surface area contributed by atoms with Gasteiger partial charge in [0.15, 0.2) is 0 Å². The lowest BCUT2D eigenvalue weighted by Gasteiger charge is -2.32. The minimum atomic E-state index is 0.0477. The highest BCUT2D eigenvalue weighted by molar-refractivity contribution is 5.97. The van der Waals surface area contributed by atoms with Gasteiger partial charge in [-0.15, -0.1) is 0 Å². The molecule has 2 aromatic rings. The molecule has 2 fully saturated rings. The van der Waals surface area contributed by atoms with Gasteiger partial charge in [-0.1, -0.05) is 12.1 Å². The van der Waals surface area contributed by atoms with Crippen molar-refractivity contribution < 1.29 is 19.4 Å². The van der Waals surface area contributed by atoms with Crippen molar-refractivity contribution in [3.63, 3.8) is 0 Å². The molecule has 1 amide bonds. The van der Waals surface area contributed by atoms with E-state index in [9.17, 15) is 9.90 Å². The molecule has 0 spiro atoms. The van der Waals surface area contributed by atoms with E-state index in [0.717, 1.165) is 64.0 Å². The number of methoxy groups -OCH3 is 1. The van der Waals surface area contributed by atoms with Gasteiger partial charge in [-0.05, 0) is 55.5 Å². The summed E-state index contributed by atoms with van der Waals surface area (Å²) in [5.74, 6) is 1.67. The average molecular weight is 411 g/mol. The summed E-state index contributed by atoms with van der Waals surface area (Å²) in [7, 11) is 1.63. The minimum absolute atomic E-state index is 0.0477. The molecule has 160 valence electrons. The van der Waals surface area contributed by atoms with Gasteiger partial charge in [0.05, 0.1) is 12.7 Å². The van der Waals surface area contributed by atoms with Gasteiger partial charge in [-0.2, -0.15) is 0 Å². The number of carbonyl (C=O) groups is 1. The molecule has 4 rings (SSSR count). The first-order chi connectivity index (χ1) is 14.6. The van der Waals surface area contributed by atoms with Gasteiger partial charge in [0.2, 0.25) is 0 Å². The highest BCUT2D eigenvalue weighted by Gasteiger charge is 2.26. The zero-order valence-corrected chi connectivity index (χ0v) is 17.5. The summed E-state index contributed by atoms with van der Waals surface area (Å²) >= 11 is 0. The van der Waals surface area contributed by atoms with Gasteiger partial charge in [0.1, 0.15) is 23.4 Å². The van der Waals surface area contributed by atoms with Crippen molar-refractivity contribution in [2.24, 2.45) is 0 Å². The molecule has 0 unspecified atom stereocenters. The summed E-state index contributed by atoms with van der Waals surface area (Å²) < 4.78 is 11.7. The van der Waals surface area contributed by atoms with Crippen LogP contribution in [0.2, 0.25) is 0 Å². The van der Waals surface area contributed by atoms with Crippen LogP contribution in [0.25, 0.3) is 0 Å². The Morgan fingerprint density at radius 3 is 2.53 bits per heavy atom. The molecule has 0 bridgehead atoms. The number of phenolic OH excluding ortho intramolecular Hbond substituents is 1. The first kappa shape index (κ1) is 20.5. The number of ether oxygens (including phenoxy) is 2. The summed E-state index contributed by atoms with van der Waals surface area (Å²) in [5.41, 5.74) is 1.74. The molecule has 6 nitrogen and oxygen atoms in total. The fraction of sp³-hybridized carbons (Fsp3) is 0.458. The molecule has 6 heteroatoms. The van der Waals surface area contributed by atoms with E-state index < -0.39 is 0 Å². The van der Waals surface area contributed by atoms with Gasteiger partial charge in [-0.3, -0.25) is 9.69 Å². The monoisotopic (exact) mass is 410 g/mol. The van der Waals surface area contributed by atoms with Crippen LogP contribution in [-0.4, -0.2) is 60.2 Å². The standard InChI is InChI=1S/C24H30N2O4/c1-29-21-7-8-22(24(28)26-11-2-3-12-26)23(16-21)30-20-9-13-25(14-10-20)17-18-5-4-6-19(27)15-18/h4-8,15-16,20,27H,2-3,9-14,17H2,1H3. The third-order valence-corrected chi connectivity index (χ3v) is 5.96. The maximum atomic E-state index is 13.0. The van der Waals surface area contributed by atoms with Gasteiger partial charge >= 0.3 is 0 Å². The number of carbonyl (C=O) groups excluding carboxylic acids is 1. The van der Waals surface area contributed by atoms with E-state index in [1.165, 1.54) is 0 Å². The topological polar surface area (TPSA) is 62.2 Å². The van der Waals surface area contributed by atoms with Crippen molar-refractivity contribution in [3.8, 4) is 17.2 Å². The molecular weight excluding hydrogens is 380 g/mol. The fourth-order valence-corrected chi connectivity index (χ4v) is 4.27. The van der Waals surface area contributed by atoms with Crippen LogP contribution in [0.1, 0.15) is 41.6 Å². The Morgan fingerprint density at radius 1 is 1.07 bits per heavy atom. The van der Waals surface area contributed by atoms with Gasteiger partial charge in [-0.25, -0.2) is 0 Å². The molecule has 2 aliphatic rings. The average Bonchev–Trinajstić information content (AvgIpc) is 3.30. The summed E-state index contributed by atoms with van der Waals surface area (Å²) in [6, 6.07) is 12.9. The molecule has 1 N–H and O–H groups in total. The Hall–Kier alpha value is -2.73. The van der Waals surface area contributed by atoms with Gasteiger partial charge in [0, 0.05) is 38.8 Å². The number of nitrogens with zero attached hydrogens (tertiary/aromatic N) is 2. The summed E-state index contributed by atoms with van der Waals surface area (Å²) in [5, 5.41) is 9.66. The Bertz CT molecular complexity index is 871. The third kappa shape index (κ3) is 4.87. The predicted octanol–water partition coefficient (Wildman–Crippen LogP) is 3.68. The predicted molar refractivity (Wildman–Crippen MR) is 115 cm³/mol. The number of rotatable bonds is 6. The van der Waals surface area contributed by atoms with E-state index in [1.807, 2.05) is 41.3 Å². The van der Waals surface area contributed by atoms with E-state index in [0.29, 0.717) is 22.8 Å². The van der Waals surface area contributed by atoms with E-state index in [1.54, 1.807) is 13.2 Å². The largest absolute Gasteiger partial charge is 0.508 e. The normalized spacial score (nSPS) is 17.8. The zero-order chi connectivity index (χ0) is 20.9. The number of phenols is 1. The number of aromatic hydroxyl groups is 1. The molecule has 0 aromatic heterocycles. The van der Waals surface area contributed by atoms with Crippen molar-refractivity contribution >= 4 is 5.91 Å². The van der Waals surface area contributed by atoms with Crippen LogP contribution in [0.4, 0.5) is 0 Å². The van der Waals surface area contributed by atoms with E-state index in [4.69, 9.17) is 9.47 Å². The molecule has 2 saturated heterocycles. The number of amides is 1. The maximum absolute atomic E-state index is 13.0. The third-order valence-electron chi connectivity index (χ3n) is 5.96. The van der Waals surface area contributed by atoms with E-state index in [2.05, 4.69) is 4.90 Å². The second-order valence-corrected chi connectivity index (χ2v) is 8.12. The molecular formula is C24H30N2O4. The smallest absolute Gasteiger partial charge is 0.257 e. The van der Waals surface area contributed by atoms with Crippen LogP contribution in [0.5, 0.6) is 17.2 Å². The summed E-state index contributed by atoms with van der Waals surface area (Å²) in [6.07, 6.45) is 3.99. The van der Waals surface area contributed by atoms with Crippen molar-refractivity contribution in [3.05, 3.63) is 53.6 Å². The molecule has 0 radical (unpaired) electrons. The molecule has 30 heavy (non-hydrogen) atoms. The van der Waals surface area contributed by atoms with Crippen LogP contribution >= 0.6 is 0 Å². The molecule has 0 saturated carbocycles. The molecule has 0 aliphatic carbocycles. The van der Waals surface area contributed by atoms with Gasteiger partial charge in [0.25, 0.3) is 5.91 Å². The maximum Gasteiger partial charge on any atom is 0.257 e. The Morgan fingerprint density at radius 2 is 1.83 bits per heavy atom. The quantitative estimate of drug-likeness (QED) is 0.787. The lowest BCUT2D eigenvalue weighted by Crippen LogP contribution is -2.38. The Kier molecular flexibility index (Phi) is 6.43. The van der Waals surface area contributed by atoms with Crippen molar-refractivity contribution in [2.45, 2.75) is 38.3 Å². The van der Waals surface area contributed by atoms with Crippen molar-refractivity contribution in [1.29, 1.82) is 0 Å². The minimum Gasteiger partial charge on any atom is -0.508 e. The van der Waals surface area contributed by atoms with Crippen LogP contribution in [-0.2, 0) is 6.54 Å². The van der Waals surface area contributed by atoms with Crippen molar-refractivity contribution in [1.82, 2.24) is 9.80 Å². The highest BCUT2D eigenvalue weighted by atomic mass is 16.5. The number of piperidine rings is 1. The number of likely N-dealkylation sites (tertiary alicyclic amines) is 2. The fourth-order valence-electron chi connectivity index (χ4n) is 4.27. The highest BCUT2D eigenvalue weighted by Crippen LogP contribution is 2.30. The molecule has 2 aliphatic heterocycles. The Balaban J connectivity index is 1.39. The second kappa shape index (κ2) is 9.39. The van der Waals surface area contributed by atoms with Gasteiger partial charge < -0.3 is 19.5 Å². The number of benzene rings is 2. The molecule has 2 heterocycles. The van der Waals surface area contributed by atoms with E-state index in [-0.39, 0.29) is 12.0 Å². The lowest BCUT2D eigenvalue weighted by molar-refractivity contribution is 0.0764. The SMILES string of the molecule is COc1ccc(C(=O)N2CCCC2)c(OC2CCN(Cc3cccc(O)c3)CC2)c1. The first-order valence-electron chi connectivity index (χ1n) is 10.8.